The lowest BCUT2D eigenvalue weighted by Crippen LogP contribution is -2.51. The van der Waals surface area contributed by atoms with Gasteiger partial charge in [0.15, 0.2) is 0 Å². The highest BCUT2D eigenvalue weighted by atomic mass is 32.1. The molecule has 5 rings (SSSR count). The van der Waals surface area contributed by atoms with Gasteiger partial charge in [-0.25, -0.2) is 4.98 Å². The topological polar surface area (TPSA) is 78.1 Å². The van der Waals surface area contributed by atoms with Crippen molar-refractivity contribution in [2.45, 2.75) is 44.2 Å². The monoisotopic (exact) mass is 434 g/mol. The maximum Gasteiger partial charge on any atom is 0.270 e. The molecule has 0 saturated carbocycles. The zero-order chi connectivity index (χ0) is 21.3. The number of nitrogens with one attached hydrogen (secondary N) is 2. The van der Waals surface area contributed by atoms with E-state index in [-0.39, 0.29) is 23.9 Å². The average molecular weight is 435 g/mol. The van der Waals surface area contributed by atoms with Crippen molar-refractivity contribution in [1.29, 1.82) is 0 Å². The van der Waals surface area contributed by atoms with Gasteiger partial charge in [0.05, 0.1) is 16.6 Å². The second kappa shape index (κ2) is 8.30. The van der Waals surface area contributed by atoms with Crippen molar-refractivity contribution >= 4 is 23.2 Å². The summed E-state index contributed by atoms with van der Waals surface area (Å²) in [5.41, 5.74) is 3.91. The molecule has 0 radical (unpaired) electrons. The van der Waals surface area contributed by atoms with Crippen LogP contribution in [0.15, 0.2) is 59.6 Å². The number of carbonyl (C=O) groups excluding carboxylic acids is 2. The molecule has 0 spiro atoms. The molecule has 3 atom stereocenters. The highest BCUT2D eigenvalue weighted by Crippen LogP contribution is 2.52. The number of hydrogen-bond donors (Lipinski definition) is 2. The van der Waals surface area contributed by atoms with Crippen LogP contribution < -0.4 is 5.32 Å². The van der Waals surface area contributed by atoms with E-state index in [0.717, 1.165) is 25.0 Å². The quantitative estimate of drug-likeness (QED) is 0.598. The summed E-state index contributed by atoms with van der Waals surface area (Å²) in [6.07, 6.45) is 5.63. The third kappa shape index (κ3) is 3.67. The molecule has 2 aliphatic heterocycles. The fraction of sp³-hybridized carbons (Fsp3) is 0.375. The Labute approximate surface area is 185 Å². The predicted octanol–water partition coefficient (Wildman–Crippen LogP) is 3.44. The second-order valence-electron chi connectivity index (χ2n) is 8.55. The third-order valence-electron chi connectivity index (χ3n) is 6.78. The van der Waals surface area contributed by atoms with Gasteiger partial charge in [-0.15, -0.1) is 11.3 Å². The van der Waals surface area contributed by atoms with Gasteiger partial charge in [-0.3, -0.25) is 9.59 Å². The van der Waals surface area contributed by atoms with Crippen molar-refractivity contribution in [1.82, 2.24) is 20.2 Å². The van der Waals surface area contributed by atoms with Gasteiger partial charge in [-0.2, -0.15) is 0 Å². The van der Waals surface area contributed by atoms with Crippen molar-refractivity contribution in [2.75, 3.05) is 6.54 Å². The van der Waals surface area contributed by atoms with E-state index >= 15 is 0 Å². The van der Waals surface area contributed by atoms with Crippen LogP contribution in [0.4, 0.5) is 0 Å². The molecule has 31 heavy (non-hydrogen) atoms. The fourth-order valence-corrected chi connectivity index (χ4v) is 5.95. The molecule has 2 aromatic heterocycles. The van der Waals surface area contributed by atoms with Crippen LogP contribution in [0, 0.1) is 5.41 Å². The highest BCUT2D eigenvalue weighted by molar-refractivity contribution is 7.07. The molecule has 2 saturated heterocycles. The molecule has 3 aromatic rings. The van der Waals surface area contributed by atoms with Crippen LogP contribution in [0.5, 0.6) is 0 Å². The summed E-state index contributed by atoms with van der Waals surface area (Å²) >= 11 is 1.55. The molecule has 4 heterocycles. The van der Waals surface area contributed by atoms with E-state index < -0.39 is 5.41 Å². The van der Waals surface area contributed by atoms with Crippen LogP contribution in [0.3, 0.4) is 0 Å². The van der Waals surface area contributed by atoms with E-state index in [2.05, 4.69) is 27.4 Å². The van der Waals surface area contributed by atoms with E-state index in [1.807, 2.05) is 46.1 Å². The van der Waals surface area contributed by atoms with E-state index in [4.69, 9.17) is 0 Å². The smallest absolute Gasteiger partial charge is 0.270 e. The van der Waals surface area contributed by atoms with Crippen LogP contribution in [0.2, 0.25) is 0 Å². The van der Waals surface area contributed by atoms with Gasteiger partial charge in [-0.05, 0) is 43.4 Å². The number of amides is 2. The average Bonchev–Trinajstić information content (AvgIpc) is 3.58. The van der Waals surface area contributed by atoms with Gasteiger partial charge >= 0.3 is 0 Å². The minimum atomic E-state index is -0.629. The zero-order valence-electron chi connectivity index (χ0n) is 17.3. The van der Waals surface area contributed by atoms with Gasteiger partial charge in [0, 0.05) is 36.6 Å². The summed E-state index contributed by atoms with van der Waals surface area (Å²) in [5, 5.41) is 5.21. The Hall–Kier alpha value is -2.93. The number of aromatic nitrogens is 2. The Bertz CT molecular complexity index is 1030. The minimum Gasteiger partial charge on any atom is -0.357 e. The lowest BCUT2D eigenvalue weighted by atomic mass is 9.70. The largest absolute Gasteiger partial charge is 0.357 e. The number of thiazole rings is 1. The summed E-state index contributed by atoms with van der Waals surface area (Å²) in [7, 11) is 0. The SMILES string of the molecule is O=C(c1ccc[nH]1)N1[C@@H]2CC[C@H]1[C@@](Cc1cscn1)(C(=O)NCCc1ccccc1)C2. The molecule has 7 heteroatoms. The predicted molar refractivity (Wildman–Crippen MR) is 120 cm³/mol. The molecule has 2 bridgehead atoms. The normalized spacial score (nSPS) is 24.5. The van der Waals surface area contributed by atoms with Crippen LogP contribution in [-0.2, 0) is 17.6 Å². The molecule has 6 nitrogen and oxygen atoms in total. The molecule has 1 aromatic carbocycles. The number of H-pyrrole nitrogens is 1. The molecule has 0 unspecified atom stereocenters. The second-order valence-corrected chi connectivity index (χ2v) is 9.27. The van der Waals surface area contributed by atoms with Crippen molar-refractivity contribution in [3.63, 3.8) is 0 Å². The Morgan fingerprint density at radius 2 is 2.06 bits per heavy atom. The number of nitrogens with zero attached hydrogens (tertiary/aromatic N) is 2. The summed E-state index contributed by atoms with van der Waals surface area (Å²) in [4.78, 5) is 36.3. The van der Waals surface area contributed by atoms with Crippen molar-refractivity contribution in [2.24, 2.45) is 5.41 Å². The molecule has 2 aliphatic rings. The minimum absolute atomic E-state index is 0.00487. The molecule has 2 fully saturated rings. The third-order valence-corrected chi connectivity index (χ3v) is 7.41. The summed E-state index contributed by atoms with van der Waals surface area (Å²) < 4.78 is 0. The fourth-order valence-electron chi connectivity index (χ4n) is 5.40. The van der Waals surface area contributed by atoms with Crippen LogP contribution >= 0.6 is 11.3 Å². The first kappa shape index (κ1) is 20.0. The highest BCUT2D eigenvalue weighted by Gasteiger charge is 2.61. The van der Waals surface area contributed by atoms with E-state index in [0.29, 0.717) is 25.1 Å². The lowest BCUT2D eigenvalue weighted by Gasteiger charge is -2.35. The van der Waals surface area contributed by atoms with Gasteiger partial charge in [0.25, 0.3) is 5.91 Å². The van der Waals surface area contributed by atoms with Gasteiger partial charge in [0.2, 0.25) is 5.91 Å². The summed E-state index contributed by atoms with van der Waals surface area (Å²) in [6.45, 7) is 0.587. The number of hydrogen-bond acceptors (Lipinski definition) is 4. The number of aromatic amines is 1. The molecule has 2 N–H and O–H groups in total. The van der Waals surface area contributed by atoms with Gasteiger partial charge < -0.3 is 15.2 Å². The van der Waals surface area contributed by atoms with Crippen molar-refractivity contribution in [3.8, 4) is 0 Å². The number of rotatable bonds is 7. The summed E-state index contributed by atoms with van der Waals surface area (Å²) in [6, 6.07) is 13.8. The zero-order valence-corrected chi connectivity index (χ0v) is 18.1. The number of fused-ring (bicyclic) bond motifs is 2. The first-order valence-corrected chi connectivity index (χ1v) is 11.8. The first-order valence-electron chi connectivity index (χ1n) is 10.8. The van der Waals surface area contributed by atoms with Crippen LogP contribution in [0.25, 0.3) is 0 Å². The molecular formula is C24H26N4O2S. The van der Waals surface area contributed by atoms with Crippen molar-refractivity contribution in [3.05, 3.63) is 76.5 Å². The van der Waals surface area contributed by atoms with Crippen molar-refractivity contribution < 1.29 is 9.59 Å². The maximum atomic E-state index is 13.6. The van der Waals surface area contributed by atoms with Gasteiger partial charge in [-0.1, -0.05) is 30.3 Å². The number of benzene rings is 1. The molecule has 2 amide bonds. The lowest BCUT2D eigenvalue weighted by molar-refractivity contribution is -0.132. The van der Waals surface area contributed by atoms with Crippen LogP contribution in [-0.4, -0.2) is 45.3 Å². The van der Waals surface area contributed by atoms with E-state index in [9.17, 15) is 9.59 Å². The molecule has 0 aliphatic carbocycles. The van der Waals surface area contributed by atoms with E-state index in [1.54, 1.807) is 17.5 Å². The standard InChI is InChI=1S/C24H26N4O2S/c29-22(20-7-4-11-25-20)28-19-8-9-21(28)24(14-19,13-18-15-31-16-27-18)23(30)26-12-10-17-5-2-1-3-6-17/h1-7,11,15-16,19,21,25H,8-10,12-14H2,(H,26,30)/t19-,21+,24+/m1/s1. The number of carbonyl (C=O) groups is 2. The van der Waals surface area contributed by atoms with Gasteiger partial charge in [0.1, 0.15) is 5.69 Å². The molecular weight excluding hydrogens is 408 g/mol. The Balaban J connectivity index is 1.38. The molecule has 160 valence electrons. The Morgan fingerprint density at radius 1 is 1.19 bits per heavy atom. The van der Waals surface area contributed by atoms with Crippen LogP contribution in [0.1, 0.15) is 41.0 Å². The Morgan fingerprint density at radius 3 is 2.81 bits per heavy atom. The maximum absolute atomic E-state index is 13.6. The Kier molecular flexibility index (Phi) is 5.36. The first-order chi connectivity index (χ1) is 15.2. The summed E-state index contributed by atoms with van der Waals surface area (Å²) in [5.74, 6) is 0.0441. The van der Waals surface area contributed by atoms with E-state index in [1.165, 1.54) is 5.56 Å².